The van der Waals surface area contributed by atoms with Crippen molar-refractivity contribution in [3.8, 4) is 0 Å². The maximum atomic E-state index is 12.7. The number of ether oxygens (including phenoxy) is 1. The molecular formula is C23H31N5O3S. The van der Waals surface area contributed by atoms with E-state index in [1.54, 1.807) is 11.1 Å². The van der Waals surface area contributed by atoms with Gasteiger partial charge in [0.1, 0.15) is 11.4 Å². The summed E-state index contributed by atoms with van der Waals surface area (Å²) in [6, 6.07) is 3.74. The third kappa shape index (κ3) is 5.56. The molecule has 172 valence electrons. The van der Waals surface area contributed by atoms with E-state index >= 15 is 0 Å². The van der Waals surface area contributed by atoms with Crippen LogP contribution < -0.4 is 10.2 Å². The first-order chi connectivity index (χ1) is 15.3. The van der Waals surface area contributed by atoms with Gasteiger partial charge in [0.2, 0.25) is 0 Å². The number of carbonyl (C=O) groups excluding carboxylic acids is 2. The topological polar surface area (TPSA) is 87.7 Å². The average Bonchev–Trinajstić information content (AvgIpc) is 2.94. The molecule has 2 amide bonds. The van der Waals surface area contributed by atoms with Gasteiger partial charge in [0.05, 0.1) is 17.8 Å². The third-order valence-corrected chi connectivity index (χ3v) is 6.54. The van der Waals surface area contributed by atoms with Crippen LogP contribution in [-0.2, 0) is 17.7 Å². The molecule has 1 N–H and O–H groups in total. The van der Waals surface area contributed by atoms with Crippen molar-refractivity contribution in [3.63, 3.8) is 0 Å². The summed E-state index contributed by atoms with van der Waals surface area (Å²) in [6.45, 7) is 8.61. The molecule has 0 saturated carbocycles. The highest BCUT2D eigenvalue weighted by molar-refractivity contribution is 7.15. The number of amides is 2. The summed E-state index contributed by atoms with van der Waals surface area (Å²) in [6.07, 6.45) is 6.86. The number of hydrogen-bond donors (Lipinski definition) is 1. The minimum atomic E-state index is -0.527. The van der Waals surface area contributed by atoms with Gasteiger partial charge >= 0.3 is 6.09 Å². The molecule has 2 aliphatic rings. The van der Waals surface area contributed by atoms with Crippen LogP contribution in [0.5, 0.6) is 0 Å². The predicted molar refractivity (Wildman–Crippen MR) is 125 cm³/mol. The summed E-state index contributed by atoms with van der Waals surface area (Å²) < 4.78 is 5.47. The first kappa shape index (κ1) is 22.5. The lowest BCUT2D eigenvalue weighted by molar-refractivity contribution is 0.0225. The summed E-state index contributed by atoms with van der Waals surface area (Å²) in [5.41, 5.74) is 0.910. The minimum Gasteiger partial charge on any atom is -0.444 e. The molecule has 0 atom stereocenters. The zero-order chi connectivity index (χ0) is 22.7. The van der Waals surface area contributed by atoms with Crippen LogP contribution in [0.4, 0.5) is 15.7 Å². The van der Waals surface area contributed by atoms with Gasteiger partial charge in [-0.3, -0.25) is 10.1 Å². The Morgan fingerprint density at radius 3 is 2.50 bits per heavy atom. The normalized spacial score (nSPS) is 16.8. The molecule has 4 rings (SSSR count). The molecule has 2 aromatic rings. The van der Waals surface area contributed by atoms with E-state index in [0.717, 1.165) is 29.5 Å². The molecule has 2 aliphatic heterocycles. The Kier molecular flexibility index (Phi) is 6.64. The Balaban J connectivity index is 1.37. The van der Waals surface area contributed by atoms with Crippen LogP contribution in [0.25, 0.3) is 0 Å². The van der Waals surface area contributed by atoms with Gasteiger partial charge < -0.3 is 14.5 Å². The molecule has 0 aromatic carbocycles. The zero-order valence-corrected chi connectivity index (χ0v) is 19.8. The fraction of sp³-hybridized carbons (Fsp3) is 0.565. The second-order valence-corrected chi connectivity index (χ2v) is 10.4. The van der Waals surface area contributed by atoms with E-state index in [1.807, 2.05) is 32.9 Å². The Hall–Kier alpha value is -2.68. The predicted octanol–water partition coefficient (Wildman–Crippen LogP) is 4.46. The van der Waals surface area contributed by atoms with Gasteiger partial charge in [-0.15, -0.1) is 0 Å². The van der Waals surface area contributed by atoms with Crippen molar-refractivity contribution in [2.45, 2.75) is 65.0 Å². The number of nitrogens with zero attached hydrogens (tertiary/aromatic N) is 4. The standard InChI is InChI=1S/C23H31N5O3S/c1-23(2,3)31-22(30)28-13-10-17-18(15-28)32-21(25-17)26-20(29)16-8-9-19(24-14-16)27-11-6-4-5-7-12-27/h8-9,14H,4-7,10-13,15H2,1-3H3,(H,25,26,29). The first-order valence-electron chi connectivity index (χ1n) is 11.3. The highest BCUT2D eigenvalue weighted by Gasteiger charge is 2.28. The number of anilines is 2. The zero-order valence-electron chi connectivity index (χ0n) is 19.0. The van der Waals surface area contributed by atoms with Gasteiger partial charge in [0.25, 0.3) is 5.91 Å². The van der Waals surface area contributed by atoms with E-state index in [1.165, 1.54) is 37.0 Å². The van der Waals surface area contributed by atoms with Crippen LogP contribution in [0.2, 0.25) is 0 Å². The molecule has 0 bridgehead atoms. The van der Waals surface area contributed by atoms with Crippen LogP contribution in [0, 0.1) is 0 Å². The van der Waals surface area contributed by atoms with Crippen molar-refractivity contribution in [2.24, 2.45) is 0 Å². The number of carbonyl (C=O) groups is 2. The summed E-state index contributed by atoms with van der Waals surface area (Å²) in [5.74, 6) is 0.699. The quantitative estimate of drug-likeness (QED) is 0.732. The van der Waals surface area contributed by atoms with E-state index in [2.05, 4.69) is 20.2 Å². The molecule has 0 aliphatic carbocycles. The van der Waals surface area contributed by atoms with Crippen molar-refractivity contribution < 1.29 is 14.3 Å². The number of rotatable bonds is 3. The smallest absolute Gasteiger partial charge is 0.410 e. The average molecular weight is 458 g/mol. The molecule has 0 radical (unpaired) electrons. The number of hydrogen-bond acceptors (Lipinski definition) is 7. The molecular weight excluding hydrogens is 426 g/mol. The maximum absolute atomic E-state index is 12.7. The lowest BCUT2D eigenvalue weighted by Crippen LogP contribution is -2.39. The molecule has 32 heavy (non-hydrogen) atoms. The highest BCUT2D eigenvalue weighted by Crippen LogP contribution is 2.29. The number of nitrogens with one attached hydrogen (secondary N) is 1. The van der Waals surface area contributed by atoms with E-state index in [4.69, 9.17) is 4.74 Å². The molecule has 0 unspecified atom stereocenters. The molecule has 9 heteroatoms. The van der Waals surface area contributed by atoms with E-state index < -0.39 is 5.60 Å². The van der Waals surface area contributed by atoms with E-state index in [9.17, 15) is 9.59 Å². The third-order valence-electron chi connectivity index (χ3n) is 5.54. The van der Waals surface area contributed by atoms with Crippen molar-refractivity contribution in [2.75, 3.05) is 29.9 Å². The van der Waals surface area contributed by atoms with Crippen LogP contribution in [-0.4, -0.2) is 52.1 Å². The van der Waals surface area contributed by atoms with Crippen LogP contribution >= 0.6 is 11.3 Å². The van der Waals surface area contributed by atoms with Crippen molar-refractivity contribution in [1.29, 1.82) is 0 Å². The second-order valence-electron chi connectivity index (χ2n) is 9.30. The van der Waals surface area contributed by atoms with Gasteiger partial charge in [-0.05, 0) is 45.7 Å². The number of pyridine rings is 1. The molecule has 1 saturated heterocycles. The van der Waals surface area contributed by atoms with Gasteiger partial charge in [-0.1, -0.05) is 24.2 Å². The summed E-state index contributed by atoms with van der Waals surface area (Å²) in [7, 11) is 0. The van der Waals surface area contributed by atoms with Crippen LogP contribution in [0.1, 0.15) is 67.4 Å². The van der Waals surface area contributed by atoms with Crippen molar-refractivity contribution in [3.05, 3.63) is 34.5 Å². The second kappa shape index (κ2) is 9.44. The minimum absolute atomic E-state index is 0.227. The highest BCUT2D eigenvalue weighted by atomic mass is 32.1. The van der Waals surface area contributed by atoms with Gasteiger partial charge in [-0.25, -0.2) is 14.8 Å². The summed E-state index contributed by atoms with van der Waals surface area (Å²) >= 11 is 1.40. The Morgan fingerprint density at radius 2 is 1.84 bits per heavy atom. The number of aromatic nitrogens is 2. The molecule has 0 spiro atoms. The summed E-state index contributed by atoms with van der Waals surface area (Å²) in [4.78, 5) is 39.1. The first-order valence-corrected chi connectivity index (χ1v) is 12.1. The molecule has 8 nitrogen and oxygen atoms in total. The monoisotopic (exact) mass is 457 g/mol. The van der Waals surface area contributed by atoms with Gasteiger partial charge in [-0.2, -0.15) is 0 Å². The molecule has 4 heterocycles. The lowest BCUT2D eigenvalue weighted by Gasteiger charge is -2.29. The maximum Gasteiger partial charge on any atom is 0.410 e. The summed E-state index contributed by atoms with van der Waals surface area (Å²) in [5, 5.41) is 3.43. The van der Waals surface area contributed by atoms with E-state index in [0.29, 0.717) is 30.2 Å². The van der Waals surface area contributed by atoms with Crippen LogP contribution in [0.3, 0.4) is 0 Å². The fourth-order valence-electron chi connectivity index (χ4n) is 3.91. The van der Waals surface area contributed by atoms with E-state index in [-0.39, 0.29) is 12.0 Å². The fourth-order valence-corrected chi connectivity index (χ4v) is 4.93. The van der Waals surface area contributed by atoms with Crippen LogP contribution in [0.15, 0.2) is 18.3 Å². The largest absolute Gasteiger partial charge is 0.444 e. The Morgan fingerprint density at radius 1 is 1.09 bits per heavy atom. The molecule has 2 aromatic heterocycles. The van der Waals surface area contributed by atoms with Crippen molar-refractivity contribution >= 4 is 34.3 Å². The van der Waals surface area contributed by atoms with Gasteiger partial charge in [0.15, 0.2) is 5.13 Å². The van der Waals surface area contributed by atoms with Gasteiger partial charge in [0, 0.05) is 37.1 Å². The SMILES string of the molecule is CC(C)(C)OC(=O)N1CCc2nc(NC(=O)c3ccc(N4CCCCCC4)nc3)sc2C1. The number of thiazole rings is 1. The lowest BCUT2D eigenvalue weighted by atomic mass is 10.2. The molecule has 1 fully saturated rings. The number of fused-ring (bicyclic) bond motifs is 1. The Bertz CT molecular complexity index is 959. The van der Waals surface area contributed by atoms with Crippen molar-refractivity contribution in [1.82, 2.24) is 14.9 Å². The Labute approximate surface area is 193 Å².